The Morgan fingerprint density at radius 3 is 2.42 bits per heavy atom. The topological polar surface area (TPSA) is 144 Å². The standard InChI is InChI=1S/C32H27N3O8S2/c1-3-42-31(39)17-7-9-19(10-8-17)33-23(36)16-43-22-6-4-5-18(15-22)24-25-27(44-28-26(24)45-32(40)34-28)30(38)35(29(25)37)20-11-13-21(41-2)14-12-20/h4-15,24-25,27H,3,16H2,1-2H3,(H,33,36)(H,34,40)/t24-,25-,27+/m0/s1. The Balaban J connectivity index is 1.21. The van der Waals surface area contributed by atoms with Gasteiger partial charge in [0.05, 0.1) is 35.9 Å². The van der Waals surface area contributed by atoms with Crippen molar-refractivity contribution in [3.05, 3.63) is 98.5 Å². The molecule has 0 spiro atoms. The van der Waals surface area contributed by atoms with Crippen molar-refractivity contribution in [2.24, 2.45) is 5.92 Å². The Kier molecular flexibility index (Phi) is 8.46. The lowest BCUT2D eigenvalue weighted by Gasteiger charge is -2.30. The van der Waals surface area contributed by atoms with E-state index < -0.39 is 29.0 Å². The third-order valence-electron chi connectivity index (χ3n) is 7.42. The zero-order chi connectivity index (χ0) is 31.7. The number of hydrogen-bond acceptors (Lipinski definition) is 10. The third-order valence-corrected chi connectivity index (χ3v) is 9.82. The highest BCUT2D eigenvalue weighted by Gasteiger charge is 2.56. The van der Waals surface area contributed by atoms with E-state index in [0.29, 0.717) is 43.9 Å². The van der Waals surface area contributed by atoms with Gasteiger partial charge < -0.3 is 24.5 Å². The first-order chi connectivity index (χ1) is 21.8. The monoisotopic (exact) mass is 645 g/mol. The van der Waals surface area contributed by atoms with Crippen molar-refractivity contribution in [3.63, 3.8) is 0 Å². The molecule has 45 heavy (non-hydrogen) atoms. The molecule has 2 N–H and O–H groups in total. The van der Waals surface area contributed by atoms with E-state index in [4.69, 9.17) is 14.2 Å². The van der Waals surface area contributed by atoms with Crippen molar-refractivity contribution in [2.45, 2.75) is 23.1 Å². The number of carbonyl (C=O) groups excluding carboxylic acids is 4. The third kappa shape index (κ3) is 5.96. The molecule has 13 heteroatoms. The number of benzene rings is 3. The maximum absolute atomic E-state index is 13.9. The molecule has 4 aromatic rings. The molecule has 2 aliphatic heterocycles. The minimum absolute atomic E-state index is 0.264. The molecule has 0 unspecified atom stereocenters. The molecule has 11 nitrogen and oxygen atoms in total. The average Bonchev–Trinajstić information content (AvgIpc) is 3.54. The van der Waals surface area contributed by atoms with Crippen LogP contribution < -0.4 is 24.6 Å². The summed E-state index contributed by atoms with van der Waals surface area (Å²) >= 11 is 2.21. The number of methoxy groups -OCH3 is 1. The van der Waals surface area contributed by atoms with Gasteiger partial charge in [-0.2, -0.15) is 0 Å². The predicted molar refractivity (Wildman–Crippen MR) is 168 cm³/mol. The van der Waals surface area contributed by atoms with Crippen LogP contribution in [0.5, 0.6) is 11.5 Å². The van der Waals surface area contributed by atoms with Crippen molar-refractivity contribution in [1.82, 2.24) is 4.98 Å². The fourth-order valence-corrected chi connectivity index (χ4v) is 7.92. The number of fused-ring (bicyclic) bond motifs is 2. The van der Waals surface area contributed by atoms with Gasteiger partial charge in [0.15, 0.2) is 6.61 Å². The molecular weight excluding hydrogens is 618 g/mol. The number of nitrogens with one attached hydrogen (secondary N) is 2. The number of thiazole rings is 1. The lowest BCUT2D eigenvalue weighted by atomic mass is 9.83. The van der Waals surface area contributed by atoms with Crippen molar-refractivity contribution in [1.29, 1.82) is 0 Å². The number of aromatic nitrogens is 1. The van der Waals surface area contributed by atoms with E-state index in [0.717, 1.165) is 11.3 Å². The van der Waals surface area contributed by atoms with Crippen LogP contribution in [0, 0.1) is 5.92 Å². The van der Waals surface area contributed by atoms with Crippen LogP contribution in [0.1, 0.15) is 33.6 Å². The van der Waals surface area contributed by atoms with E-state index in [1.165, 1.54) is 23.8 Å². The molecule has 6 rings (SSSR count). The van der Waals surface area contributed by atoms with Gasteiger partial charge in [0.25, 0.3) is 5.91 Å². The SMILES string of the molecule is CCOC(=O)c1ccc(NC(=O)COc2cccc([C@@H]3c4sc(=O)[nH]c4S[C@H]4C(=O)N(c5ccc(OC)cc5)C(=O)[C@@H]34)c2)cc1. The Hall–Kier alpha value is -4.88. The molecule has 230 valence electrons. The predicted octanol–water partition coefficient (Wildman–Crippen LogP) is 4.44. The summed E-state index contributed by atoms with van der Waals surface area (Å²) in [6, 6.07) is 20.0. The van der Waals surface area contributed by atoms with Gasteiger partial charge in [-0.15, -0.1) is 0 Å². The van der Waals surface area contributed by atoms with Crippen LogP contribution in [0.4, 0.5) is 11.4 Å². The molecule has 0 radical (unpaired) electrons. The number of imide groups is 1. The minimum Gasteiger partial charge on any atom is -0.497 e. The van der Waals surface area contributed by atoms with E-state index >= 15 is 0 Å². The number of amides is 3. The average molecular weight is 646 g/mol. The van der Waals surface area contributed by atoms with Gasteiger partial charge in [0.1, 0.15) is 16.7 Å². The molecular formula is C32H27N3O8S2. The van der Waals surface area contributed by atoms with Gasteiger partial charge in [-0.3, -0.25) is 19.2 Å². The van der Waals surface area contributed by atoms with Crippen LogP contribution in [0.3, 0.4) is 0 Å². The molecule has 3 amide bonds. The highest BCUT2D eigenvalue weighted by atomic mass is 32.2. The molecule has 2 aliphatic rings. The van der Waals surface area contributed by atoms with Crippen molar-refractivity contribution < 1.29 is 33.4 Å². The molecule has 0 aliphatic carbocycles. The molecule has 0 bridgehead atoms. The number of H-pyrrole nitrogens is 1. The number of anilines is 2. The molecule has 3 aromatic carbocycles. The van der Waals surface area contributed by atoms with E-state index in [1.807, 2.05) is 6.07 Å². The second-order valence-electron chi connectivity index (χ2n) is 10.2. The smallest absolute Gasteiger partial charge is 0.338 e. The van der Waals surface area contributed by atoms with Crippen molar-refractivity contribution in [3.8, 4) is 11.5 Å². The molecule has 1 saturated heterocycles. The summed E-state index contributed by atoms with van der Waals surface area (Å²) in [4.78, 5) is 68.9. The molecule has 1 aromatic heterocycles. The van der Waals surface area contributed by atoms with E-state index in [2.05, 4.69) is 10.3 Å². The lowest BCUT2D eigenvalue weighted by Crippen LogP contribution is -2.32. The quantitative estimate of drug-likeness (QED) is 0.200. The summed E-state index contributed by atoms with van der Waals surface area (Å²) < 4.78 is 16.0. The van der Waals surface area contributed by atoms with Crippen LogP contribution >= 0.6 is 23.1 Å². The summed E-state index contributed by atoms with van der Waals surface area (Å²) in [6.07, 6.45) is 0. The molecule has 1 fully saturated rings. The van der Waals surface area contributed by atoms with Crippen LogP contribution in [0.2, 0.25) is 0 Å². The summed E-state index contributed by atoms with van der Waals surface area (Å²) in [5.41, 5.74) is 1.97. The Bertz CT molecular complexity index is 1830. The van der Waals surface area contributed by atoms with Gasteiger partial charge in [-0.25, -0.2) is 9.69 Å². The Morgan fingerprint density at radius 2 is 1.71 bits per heavy atom. The summed E-state index contributed by atoms with van der Waals surface area (Å²) in [5, 5.41) is 2.54. The maximum atomic E-state index is 13.9. The number of nitrogens with zero attached hydrogens (tertiary/aromatic N) is 1. The fourth-order valence-electron chi connectivity index (χ4n) is 5.41. The molecule has 3 atom stereocenters. The van der Waals surface area contributed by atoms with Gasteiger partial charge in [-0.05, 0) is 73.2 Å². The van der Waals surface area contributed by atoms with Crippen LogP contribution in [0.25, 0.3) is 0 Å². The number of hydrogen-bond donors (Lipinski definition) is 2. The number of carbonyl (C=O) groups is 4. The lowest BCUT2D eigenvalue weighted by molar-refractivity contribution is -0.122. The highest BCUT2D eigenvalue weighted by Crippen LogP contribution is 2.53. The number of thioether (sulfide) groups is 1. The zero-order valence-electron chi connectivity index (χ0n) is 24.1. The summed E-state index contributed by atoms with van der Waals surface area (Å²) in [6.45, 7) is 1.68. The second kappa shape index (κ2) is 12.6. The molecule has 3 heterocycles. The fraction of sp³-hybridized carbons (Fsp3) is 0.219. The summed E-state index contributed by atoms with van der Waals surface area (Å²) in [5.74, 6) is -1.97. The van der Waals surface area contributed by atoms with Gasteiger partial charge >= 0.3 is 10.8 Å². The van der Waals surface area contributed by atoms with Crippen molar-refractivity contribution in [2.75, 3.05) is 30.5 Å². The maximum Gasteiger partial charge on any atom is 0.338 e. The molecule has 0 saturated carbocycles. The number of ether oxygens (including phenoxy) is 3. The van der Waals surface area contributed by atoms with Crippen molar-refractivity contribution >= 4 is 58.2 Å². The van der Waals surface area contributed by atoms with E-state index in [-0.39, 0.29) is 29.9 Å². The Morgan fingerprint density at radius 1 is 0.956 bits per heavy atom. The number of rotatable bonds is 9. The second-order valence-corrected chi connectivity index (χ2v) is 12.3. The number of esters is 1. The van der Waals surface area contributed by atoms with Gasteiger partial charge in [0.2, 0.25) is 11.8 Å². The first-order valence-corrected chi connectivity index (χ1v) is 15.7. The number of aromatic amines is 1. The van der Waals surface area contributed by atoms with Crippen LogP contribution in [0.15, 0.2) is 82.6 Å². The normalized spacial score (nSPS) is 18.6. The highest BCUT2D eigenvalue weighted by molar-refractivity contribution is 8.00. The summed E-state index contributed by atoms with van der Waals surface area (Å²) in [7, 11) is 1.54. The minimum atomic E-state index is -0.764. The van der Waals surface area contributed by atoms with Gasteiger partial charge in [-0.1, -0.05) is 35.2 Å². The van der Waals surface area contributed by atoms with E-state index in [1.54, 1.807) is 73.7 Å². The van der Waals surface area contributed by atoms with Crippen LogP contribution in [-0.2, 0) is 19.1 Å². The first-order valence-electron chi connectivity index (χ1n) is 14.0. The van der Waals surface area contributed by atoms with Gasteiger partial charge in [0, 0.05) is 16.5 Å². The van der Waals surface area contributed by atoms with E-state index in [9.17, 15) is 24.0 Å². The first kappa shape index (κ1) is 30.2. The largest absolute Gasteiger partial charge is 0.497 e. The van der Waals surface area contributed by atoms with Crippen LogP contribution in [-0.4, -0.2) is 54.2 Å². The Labute approximate surface area is 265 Å². The zero-order valence-corrected chi connectivity index (χ0v) is 25.7.